The molecule has 1 aliphatic rings. The van der Waals surface area contributed by atoms with Gasteiger partial charge in [0.1, 0.15) is 0 Å². The molecule has 0 unspecified atom stereocenters. The minimum atomic E-state index is -4.85. The summed E-state index contributed by atoms with van der Waals surface area (Å²) in [6.45, 7) is 2.05. The molecule has 0 aromatic heterocycles. The predicted molar refractivity (Wildman–Crippen MR) is 90.0 cm³/mol. The number of halogens is 3. The molecule has 26 heavy (non-hydrogen) atoms. The van der Waals surface area contributed by atoms with E-state index in [-0.39, 0.29) is 11.4 Å². The van der Waals surface area contributed by atoms with Crippen molar-refractivity contribution < 1.29 is 26.4 Å². The zero-order valence-electron chi connectivity index (χ0n) is 14.4. The Balaban J connectivity index is 1.83. The molecule has 1 aliphatic heterocycles. The number of benzene rings is 1. The Labute approximate surface area is 150 Å². The number of fused-ring (bicyclic) bond motifs is 1. The van der Waals surface area contributed by atoms with Crippen molar-refractivity contribution in [3.8, 4) is 0 Å². The van der Waals surface area contributed by atoms with E-state index in [0.717, 1.165) is 24.1 Å². The molecule has 2 N–H and O–H groups in total. The number of carbonyl (C=O) groups excluding carboxylic acids is 1. The predicted octanol–water partition coefficient (Wildman–Crippen LogP) is 1.41. The van der Waals surface area contributed by atoms with Gasteiger partial charge in [-0.3, -0.25) is 9.69 Å². The van der Waals surface area contributed by atoms with Crippen molar-refractivity contribution >= 4 is 15.9 Å². The Morgan fingerprint density at radius 2 is 1.96 bits per heavy atom. The van der Waals surface area contributed by atoms with Crippen molar-refractivity contribution in [2.24, 2.45) is 0 Å². The number of carbonyl (C=O) groups is 1. The van der Waals surface area contributed by atoms with E-state index in [1.54, 1.807) is 12.1 Å². The molecule has 1 aromatic rings. The van der Waals surface area contributed by atoms with Gasteiger partial charge < -0.3 is 5.32 Å². The Kier molecular flexibility index (Phi) is 6.64. The van der Waals surface area contributed by atoms with Gasteiger partial charge in [-0.25, -0.2) is 13.1 Å². The first-order chi connectivity index (χ1) is 12.1. The van der Waals surface area contributed by atoms with Crippen molar-refractivity contribution in [2.45, 2.75) is 36.9 Å². The fourth-order valence-electron chi connectivity index (χ4n) is 2.83. The Hall–Kier alpha value is -1.65. The second-order valence-corrected chi connectivity index (χ2v) is 8.01. The average Bonchev–Trinajstić information content (AvgIpc) is 2.59. The molecule has 1 aromatic carbocycles. The van der Waals surface area contributed by atoms with E-state index < -0.39 is 22.1 Å². The van der Waals surface area contributed by atoms with Crippen molar-refractivity contribution in [1.82, 2.24) is 14.9 Å². The van der Waals surface area contributed by atoms with E-state index in [1.165, 1.54) is 7.05 Å². The van der Waals surface area contributed by atoms with E-state index in [9.17, 15) is 26.4 Å². The number of amides is 1. The van der Waals surface area contributed by atoms with Crippen LogP contribution in [0.25, 0.3) is 0 Å². The van der Waals surface area contributed by atoms with Crippen LogP contribution in [0.4, 0.5) is 13.2 Å². The molecule has 1 heterocycles. The summed E-state index contributed by atoms with van der Waals surface area (Å²) >= 11 is 0. The fourth-order valence-corrected chi connectivity index (χ4v) is 3.61. The first kappa shape index (κ1) is 20.7. The number of hydrogen-bond acceptors (Lipinski definition) is 4. The molecular formula is C16H22F3N3O3S. The Morgan fingerprint density at radius 1 is 1.23 bits per heavy atom. The molecule has 0 fully saturated rings. The van der Waals surface area contributed by atoms with E-state index in [2.05, 4.69) is 9.62 Å². The highest BCUT2D eigenvalue weighted by Gasteiger charge is 2.38. The summed E-state index contributed by atoms with van der Waals surface area (Å²) in [7, 11) is -2.13. The number of sulfonamides is 1. The molecule has 10 heteroatoms. The monoisotopic (exact) mass is 393 g/mol. The van der Waals surface area contributed by atoms with Crippen LogP contribution in [0.1, 0.15) is 24.0 Å². The summed E-state index contributed by atoms with van der Waals surface area (Å²) in [5.41, 5.74) is 2.05. The largest absolute Gasteiger partial charge is 0.471 e. The van der Waals surface area contributed by atoms with Gasteiger partial charge >= 0.3 is 12.1 Å². The van der Waals surface area contributed by atoms with Gasteiger partial charge in [-0.1, -0.05) is 6.07 Å². The summed E-state index contributed by atoms with van der Waals surface area (Å²) in [6, 6.07) is 5.07. The van der Waals surface area contributed by atoms with Crippen molar-refractivity contribution in [1.29, 1.82) is 0 Å². The highest BCUT2D eigenvalue weighted by Crippen LogP contribution is 2.22. The van der Waals surface area contributed by atoms with Gasteiger partial charge in [0.25, 0.3) is 0 Å². The molecule has 0 saturated heterocycles. The number of nitrogens with one attached hydrogen (secondary N) is 2. The zero-order valence-corrected chi connectivity index (χ0v) is 15.2. The summed E-state index contributed by atoms with van der Waals surface area (Å²) in [4.78, 5) is 13.1. The van der Waals surface area contributed by atoms with Crippen LogP contribution in [0.5, 0.6) is 0 Å². The number of rotatable bonds is 7. The highest BCUT2D eigenvalue weighted by atomic mass is 32.2. The van der Waals surface area contributed by atoms with Crippen molar-refractivity contribution in [3.63, 3.8) is 0 Å². The number of unbranched alkanes of at least 4 members (excludes halogenated alkanes) is 1. The normalized spacial score (nSPS) is 15.5. The lowest BCUT2D eigenvalue weighted by Crippen LogP contribution is -2.37. The second kappa shape index (κ2) is 8.36. The number of hydrogen-bond donors (Lipinski definition) is 2. The van der Waals surface area contributed by atoms with Crippen LogP contribution < -0.4 is 10.0 Å². The smallest absolute Gasteiger partial charge is 0.348 e. The first-order valence-corrected chi connectivity index (χ1v) is 9.74. The molecule has 0 bridgehead atoms. The van der Waals surface area contributed by atoms with Gasteiger partial charge in [-0.15, -0.1) is 0 Å². The lowest BCUT2D eigenvalue weighted by Gasteiger charge is -2.29. The Morgan fingerprint density at radius 3 is 2.62 bits per heavy atom. The van der Waals surface area contributed by atoms with E-state index in [4.69, 9.17) is 0 Å². The third-order valence-electron chi connectivity index (χ3n) is 4.29. The van der Waals surface area contributed by atoms with Gasteiger partial charge in [0.2, 0.25) is 10.0 Å². The lowest BCUT2D eigenvalue weighted by molar-refractivity contribution is -0.173. The minimum absolute atomic E-state index is 0.0205. The standard InChI is InChI=1S/C16H22F3N3O3S/c1-20-26(24,25)14-5-4-12-6-9-22(11-13(12)10-14)8-3-2-7-21-15(23)16(17,18)19/h4-5,10,20H,2-3,6-9,11H2,1H3,(H,21,23). The number of nitrogens with zero attached hydrogens (tertiary/aromatic N) is 1. The van der Waals surface area contributed by atoms with Gasteiger partial charge in [0.05, 0.1) is 4.90 Å². The average molecular weight is 393 g/mol. The molecular weight excluding hydrogens is 371 g/mol. The maximum Gasteiger partial charge on any atom is 0.471 e. The van der Waals surface area contributed by atoms with Crippen LogP contribution in [0.3, 0.4) is 0 Å². The third-order valence-corrected chi connectivity index (χ3v) is 5.70. The van der Waals surface area contributed by atoms with Crippen LogP contribution in [-0.2, 0) is 27.8 Å². The van der Waals surface area contributed by atoms with Crippen LogP contribution in [-0.4, -0.2) is 52.1 Å². The summed E-state index contributed by atoms with van der Waals surface area (Å²) in [6.07, 6.45) is -2.97. The van der Waals surface area contributed by atoms with Gasteiger partial charge in [0, 0.05) is 19.6 Å². The number of alkyl halides is 3. The quantitative estimate of drug-likeness (QED) is 0.687. The van der Waals surface area contributed by atoms with Gasteiger partial charge in [0.15, 0.2) is 0 Å². The zero-order chi connectivity index (χ0) is 19.4. The van der Waals surface area contributed by atoms with Gasteiger partial charge in [-0.2, -0.15) is 13.2 Å². The second-order valence-electron chi connectivity index (χ2n) is 6.12. The van der Waals surface area contributed by atoms with E-state index in [0.29, 0.717) is 25.9 Å². The topological polar surface area (TPSA) is 78.5 Å². The summed E-state index contributed by atoms with van der Waals surface area (Å²) in [5.74, 6) is -1.91. The molecule has 1 amide bonds. The molecule has 2 rings (SSSR count). The molecule has 0 saturated carbocycles. The van der Waals surface area contributed by atoms with Crippen molar-refractivity contribution in [3.05, 3.63) is 29.3 Å². The summed E-state index contributed by atoms with van der Waals surface area (Å²) in [5, 5.41) is 1.85. The maximum absolute atomic E-state index is 12.1. The lowest BCUT2D eigenvalue weighted by atomic mass is 10.00. The fraction of sp³-hybridized carbons (Fsp3) is 0.562. The highest BCUT2D eigenvalue weighted by molar-refractivity contribution is 7.89. The van der Waals surface area contributed by atoms with Crippen LogP contribution >= 0.6 is 0 Å². The third kappa shape index (κ3) is 5.42. The Bertz CT molecular complexity index is 751. The van der Waals surface area contributed by atoms with Crippen LogP contribution in [0.2, 0.25) is 0 Å². The van der Waals surface area contributed by atoms with E-state index >= 15 is 0 Å². The van der Waals surface area contributed by atoms with Gasteiger partial charge in [-0.05, 0) is 56.1 Å². The molecule has 6 nitrogen and oxygen atoms in total. The SMILES string of the molecule is CNS(=O)(=O)c1ccc2c(c1)CN(CCCCNC(=O)C(F)(F)F)CC2. The van der Waals surface area contributed by atoms with E-state index in [1.807, 2.05) is 11.4 Å². The molecule has 0 aliphatic carbocycles. The molecule has 146 valence electrons. The molecule has 0 spiro atoms. The summed E-state index contributed by atoms with van der Waals surface area (Å²) < 4.78 is 62.3. The van der Waals surface area contributed by atoms with Crippen molar-refractivity contribution in [2.75, 3.05) is 26.7 Å². The van der Waals surface area contributed by atoms with Crippen LogP contribution in [0.15, 0.2) is 23.1 Å². The van der Waals surface area contributed by atoms with Crippen LogP contribution in [0, 0.1) is 0 Å². The molecule has 0 atom stereocenters. The maximum atomic E-state index is 12.1. The minimum Gasteiger partial charge on any atom is -0.348 e. The first-order valence-electron chi connectivity index (χ1n) is 8.26. The molecule has 0 radical (unpaired) electrons.